The minimum Gasteiger partial charge on any atom is -0.310 e. The first-order chi connectivity index (χ1) is 28.7. The van der Waals surface area contributed by atoms with E-state index in [0.29, 0.717) is 0 Å². The zero-order valence-corrected chi connectivity index (χ0v) is 32.2. The molecule has 1 atom stereocenters. The van der Waals surface area contributed by atoms with Gasteiger partial charge >= 0.3 is 0 Å². The fraction of sp³-hybridized carbons (Fsp3) is 0.0364. The summed E-state index contributed by atoms with van der Waals surface area (Å²) in [6.45, 7) is 0. The normalized spacial score (nSPS) is 14.8. The van der Waals surface area contributed by atoms with Crippen molar-refractivity contribution in [2.75, 3.05) is 4.90 Å². The molecule has 274 valence electrons. The number of benzene rings is 8. The second kappa shape index (κ2) is 13.9. The number of allylic oxidation sites excluding steroid dienone is 6. The van der Waals surface area contributed by atoms with Crippen molar-refractivity contribution in [2.45, 2.75) is 0 Å². The van der Waals surface area contributed by atoms with Crippen LogP contribution in [0.3, 0.4) is 0 Å². The molecule has 2 aliphatic rings. The Kier molecular flexibility index (Phi) is 8.11. The number of rotatable bonds is 6. The van der Waals surface area contributed by atoms with Crippen molar-refractivity contribution in [3.63, 3.8) is 0 Å². The van der Waals surface area contributed by atoms with Crippen molar-refractivity contribution in [1.29, 1.82) is 0 Å². The van der Waals surface area contributed by atoms with E-state index in [1.807, 2.05) is 0 Å². The van der Waals surface area contributed by atoms with Crippen LogP contribution in [0.2, 0.25) is 0 Å². The Morgan fingerprint density at radius 1 is 0.448 bits per heavy atom. The summed E-state index contributed by atoms with van der Waals surface area (Å²) in [6, 6.07) is 66.2. The minimum atomic E-state index is 0.242. The Labute approximate surface area is 338 Å². The molecule has 2 heterocycles. The highest BCUT2D eigenvalue weighted by Crippen LogP contribution is 2.45. The number of imidazole rings is 1. The summed E-state index contributed by atoms with van der Waals surface area (Å²) in [5.41, 5.74) is 14.4. The number of fused-ring (bicyclic) bond motifs is 4. The molecule has 0 fully saturated rings. The van der Waals surface area contributed by atoms with E-state index in [-0.39, 0.29) is 5.92 Å². The predicted molar refractivity (Wildman–Crippen MR) is 243 cm³/mol. The minimum absolute atomic E-state index is 0.242. The van der Waals surface area contributed by atoms with Crippen LogP contribution in [-0.4, -0.2) is 4.57 Å². The lowest BCUT2D eigenvalue weighted by Crippen LogP contribution is -2.30. The summed E-state index contributed by atoms with van der Waals surface area (Å²) in [5.74, 6) is 1.39. The molecule has 11 rings (SSSR count). The molecule has 1 aromatic heterocycles. The second-order valence-corrected chi connectivity index (χ2v) is 15.2. The van der Waals surface area contributed by atoms with Crippen LogP contribution in [0, 0.1) is 5.92 Å². The zero-order chi connectivity index (χ0) is 38.6. The largest absolute Gasteiger partial charge is 0.310 e. The molecule has 0 saturated heterocycles. The summed E-state index contributed by atoms with van der Waals surface area (Å²) in [4.78, 5) is 2.38. The first-order valence-electron chi connectivity index (χ1n) is 20.0. The number of nitrogens with zero attached hydrogens (tertiary/aromatic N) is 3. The van der Waals surface area contributed by atoms with Gasteiger partial charge in [-0.1, -0.05) is 152 Å². The number of aromatic nitrogens is 2. The highest BCUT2D eigenvalue weighted by atomic mass is 15.2. The van der Waals surface area contributed by atoms with Crippen LogP contribution >= 0.6 is 0 Å². The predicted octanol–water partition coefficient (Wildman–Crippen LogP) is 13.2. The van der Waals surface area contributed by atoms with Crippen LogP contribution in [0.15, 0.2) is 224 Å². The lowest BCUT2D eigenvalue weighted by Gasteiger charge is -2.33. The standard InChI is InChI=1S/C55H40N3/c1-56-50-26-14-15-27-51(50)58(44-19-6-3-7-20-44)55(56)42-34-32-41(33-35-42)54-48-24-12-10-22-46(48)53(47-23-11-13-25-49(47)54)40-30-28-39(29-31-40)52-37-38-16-8-9-21-45(36-38)57(52)43-17-4-2-5-18-43/h2-38H,1H3/q+1. The number of hydrogen-bond donors (Lipinski definition) is 0. The molecule has 0 spiro atoms. The average Bonchev–Trinajstić information content (AvgIpc) is 3.45. The van der Waals surface area contributed by atoms with E-state index in [1.165, 1.54) is 71.8 Å². The molecule has 9 aromatic rings. The number of para-hydroxylation sites is 4. The molecule has 0 radical (unpaired) electrons. The monoisotopic (exact) mass is 742 g/mol. The van der Waals surface area contributed by atoms with Crippen LogP contribution in [0.1, 0.15) is 5.56 Å². The van der Waals surface area contributed by atoms with Gasteiger partial charge in [0.2, 0.25) is 0 Å². The summed E-state index contributed by atoms with van der Waals surface area (Å²) in [5, 5.41) is 4.99. The molecule has 8 aromatic carbocycles. The molecule has 3 nitrogen and oxygen atoms in total. The highest BCUT2D eigenvalue weighted by Gasteiger charge is 2.27. The Balaban J connectivity index is 1.03. The summed E-state index contributed by atoms with van der Waals surface area (Å²) in [6.07, 6.45) is 13.5. The summed E-state index contributed by atoms with van der Waals surface area (Å²) < 4.78 is 4.68. The van der Waals surface area contributed by atoms with Gasteiger partial charge in [-0.2, -0.15) is 4.57 Å². The number of aryl methyl sites for hydroxylation is 1. The molecule has 2 bridgehead atoms. The van der Waals surface area contributed by atoms with Crippen LogP contribution in [0.5, 0.6) is 0 Å². The molecule has 1 aliphatic carbocycles. The van der Waals surface area contributed by atoms with Crippen LogP contribution in [0.25, 0.3) is 77.6 Å². The second-order valence-electron chi connectivity index (χ2n) is 15.2. The van der Waals surface area contributed by atoms with Crippen LogP contribution in [0.4, 0.5) is 5.69 Å². The Morgan fingerprint density at radius 3 is 1.55 bits per heavy atom. The molecule has 0 amide bonds. The maximum atomic E-state index is 2.38. The van der Waals surface area contributed by atoms with E-state index in [0.717, 1.165) is 22.8 Å². The molecular weight excluding hydrogens is 703 g/mol. The van der Waals surface area contributed by atoms with Gasteiger partial charge in [-0.3, -0.25) is 0 Å². The number of anilines is 1. The molecule has 0 saturated carbocycles. The smallest absolute Gasteiger partial charge is 0.294 e. The van der Waals surface area contributed by atoms with E-state index in [1.54, 1.807) is 0 Å². The van der Waals surface area contributed by atoms with Crippen molar-refractivity contribution in [1.82, 2.24) is 4.57 Å². The van der Waals surface area contributed by atoms with Crippen LogP contribution < -0.4 is 9.47 Å². The molecular formula is C55H40N3+. The fourth-order valence-electron chi connectivity index (χ4n) is 9.21. The van der Waals surface area contributed by atoms with Gasteiger partial charge in [0.15, 0.2) is 11.0 Å². The molecule has 3 heteroatoms. The number of hydrogen-bond acceptors (Lipinski definition) is 1. The molecule has 58 heavy (non-hydrogen) atoms. The summed E-state index contributed by atoms with van der Waals surface area (Å²) in [7, 11) is 2.17. The maximum absolute atomic E-state index is 2.38. The van der Waals surface area contributed by atoms with Gasteiger partial charge in [0.05, 0.1) is 18.3 Å². The fourth-order valence-corrected chi connectivity index (χ4v) is 9.21. The van der Waals surface area contributed by atoms with Crippen molar-refractivity contribution in [3.8, 4) is 39.3 Å². The first-order valence-corrected chi connectivity index (χ1v) is 20.0. The van der Waals surface area contributed by atoms with Gasteiger partial charge in [-0.15, -0.1) is 0 Å². The first kappa shape index (κ1) is 33.8. The van der Waals surface area contributed by atoms with Crippen molar-refractivity contribution < 1.29 is 4.57 Å². The van der Waals surface area contributed by atoms with Gasteiger partial charge in [-0.25, -0.2) is 4.57 Å². The average molecular weight is 743 g/mol. The Hall–Kier alpha value is -7.49. The lowest BCUT2D eigenvalue weighted by atomic mass is 9.85. The topological polar surface area (TPSA) is 12.1 Å². The van der Waals surface area contributed by atoms with E-state index < -0.39 is 0 Å². The van der Waals surface area contributed by atoms with Gasteiger partial charge in [0, 0.05) is 17.3 Å². The van der Waals surface area contributed by atoms with Gasteiger partial charge in [0.25, 0.3) is 5.82 Å². The zero-order valence-electron chi connectivity index (χ0n) is 32.2. The quantitative estimate of drug-likeness (QED) is 0.122. The SMILES string of the molecule is C[n+]1c(-c2ccc(-c3c4ccccc4c(-c4ccc(C5=CC6C=CC=CC(=C6)N5c5ccccc5)cc4)c4ccccc34)cc2)n(-c2ccccc2)c2ccccc21. The summed E-state index contributed by atoms with van der Waals surface area (Å²) >= 11 is 0. The highest BCUT2D eigenvalue weighted by molar-refractivity contribution is 6.21. The third kappa shape index (κ3) is 5.55. The van der Waals surface area contributed by atoms with Crippen molar-refractivity contribution >= 4 is 44.0 Å². The van der Waals surface area contributed by atoms with E-state index in [4.69, 9.17) is 0 Å². The van der Waals surface area contributed by atoms with Crippen molar-refractivity contribution in [2.24, 2.45) is 13.0 Å². The molecule has 1 aliphatic heterocycles. The van der Waals surface area contributed by atoms with Gasteiger partial charge < -0.3 is 4.90 Å². The molecule has 1 unspecified atom stereocenters. The van der Waals surface area contributed by atoms with E-state index >= 15 is 0 Å². The van der Waals surface area contributed by atoms with Gasteiger partial charge in [-0.05, 0) is 116 Å². The molecule has 0 N–H and O–H groups in total. The Bertz CT molecular complexity index is 3090. The van der Waals surface area contributed by atoms with E-state index in [9.17, 15) is 0 Å². The maximum Gasteiger partial charge on any atom is 0.294 e. The van der Waals surface area contributed by atoms with E-state index in [2.05, 4.69) is 240 Å². The lowest BCUT2D eigenvalue weighted by molar-refractivity contribution is -0.633. The third-order valence-electron chi connectivity index (χ3n) is 11.8. The Morgan fingerprint density at radius 2 is 0.948 bits per heavy atom. The third-order valence-corrected chi connectivity index (χ3v) is 11.8. The van der Waals surface area contributed by atoms with Gasteiger partial charge in [0.1, 0.15) is 5.69 Å². The van der Waals surface area contributed by atoms with Crippen molar-refractivity contribution in [3.05, 3.63) is 230 Å². The van der Waals surface area contributed by atoms with Crippen LogP contribution in [-0.2, 0) is 7.05 Å².